The molecular weight excluding hydrogens is 214 g/mol. The number of nitrogens with zero attached hydrogens (tertiary/aromatic N) is 3. The lowest BCUT2D eigenvalue weighted by molar-refractivity contribution is 0.215. The molecule has 0 saturated heterocycles. The minimum atomic E-state index is -0.350. The molecule has 0 bridgehead atoms. The zero-order chi connectivity index (χ0) is 12.5. The van der Waals surface area contributed by atoms with Crippen LogP contribution in [0.1, 0.15) is 13.8 Å². The number of hydrogen-bond donors (Lipinski definition) is 1. The largest absolute Gasteiger partial charge is 0.394 e. The Kier molecular flexibility index (Phi) is 2.98. The van der Waals surface area contributed by atoms with Crippen LogP contribution in [0.2, 0.25) is 0 Å². The van der Waals surface area contributed by atoms with Crippen LogP contribution >= 0.6 is 0 Å². The van der Waals surface area contributed by atoms with Gasteiger partial charge in [0.05, 0.1) is 29.4 Å². The Hall–Kier alpha value is -1.68. The van der Waals surface area contributed by atoms with Crippen molar-refractivity contribution in [2.24, 2.45) is 0 Å². The van der Waals surface area contributed by atoms with E-state index in [2.05, 4.69) is 9.97 Å². The molecule has 0 saturated carbocycles. The van der Waals surface area contributed by atoms with E-state index in [1.165, 1.54) is 0 Å². The van der Waals surface area contributed by atoms with Crippen molar-refractivity contribution in [3.05, 3.63) is 30.5 Å². The molecule has 1 aromatic carbocycles. The summed E-state index contributed by atoms with van der Waals surface area (Å²) in [5.41, 5.74) is 1.40. The summed E-state index contributed by atoms with van der Waals surface area (Å²) in [5, 5.41) is 9.35. The molecule has 1 heterocycles. The molecule has 2 rings (SSSR count). The van der Waals surface area contributed by atoms with E-state index >= 15 is 0 Å². The van der Waals surface area contributed by atoms with Crippen LogP contribution in [0.5, 0.6) is 0 Å². The molecule has 0 fully saturated rings. The van der Waals surface area contributed by atoms with Crippen LogP contribution in [0.25, 0.3) is 11.0 Å². The zero-order valence-electron chi connectivity index (χ0n) is 10.4. The van der Waals surface area contributed by atoms with E-state index in [1.54, 1.807) is 6.20 Å². The van der Waals surface area contributed by atoms with Gasteiger partial charge in [0.25, 0.3) is 0 Å². The summed E-state index contributed by atoms with van der Waals surface area (Å²) in [6.45, 7) is 3.99. The summed E-state index contributed by atoms with van der Waals surface area (Å²) in [7, 11) is 1.91. The van der Waals surface area contributed by atoms with Gasteiger partial charge in [-0.05, 0) is 26.0 Å². The maximum Gasteiger partial charge on any atom is 0.148 e. The number of rotatable bonds is 3. The molecular formula is C13H17N3O. The van der Waals surface area contributed by atoms with Crippen LogP contribution in [0, 0.1) is 0 Å². The Balaban J connectivity index is 2.43. The molecule has 4 heteroatoms. The second-order valence-corrected chi connectivity index (χ2v) is 4.75. The third kappa shape index (κ3) is 2.22. The van der Waals surface area contributed by atoms with E-state index in [0.29, 0.717) is 0 Å². The Labute approximate surface area is 101 Å². The van der Waals surface area contributed by atoms with Crippen LogP contribution in [0.4, 0.5) is 5.82 Å². The van der Waals surface area contributed by atoms with Gasteiger partial charge in [0.1, 0.15) is 5.82 Å². The zero-order valence-corrected chi connectivity index (χ0v) is 10.4. The van der Waals surface area contributed by atoms with Gasteiger partial charge < -0.3 is 10.0 Å². The lowest BCUT2D eigenvalue weighted by Gasteiger charge is -2.34. The van der Waals surface area contributed by atoms with E-state index in [0.717, 1.165) is 16.9 Å². The molecule has 0 aliphatic rings. The number of aromatic nitrogens is 2. The van der Waals surface area contributed by atoms with Crippen molar-refractivity contribution in [1.82, 2.24) is 9.97 Å². The van der Waals surface area contributed by atoms with Gasteiger partial charge in [-0.25, -0.2) is 4.98 Å². The molecule has 2 aromatic rings. The van der Waals surface area contributed by atoms with Gasteiger partial charge in [0, 0.05) is 7.05 Å². The number of aliphatic hydroxyl groups excluding tert-OH is 1. The van der Waals surface area contributed by atoms with Gasteiger partial charge >= 0.3 is 0 Å². The molecule has 17 heavy (non-hydrogen) atoms. The van der Waals surface area contributed by atoms with E-state index in [9.17, 15) is 5.11 Å². The lowest BCUT2D eigenvalue weighted by Crippen LogP contribution is -2.44. The molecule has 1 N–H and O–H groups in total. The summed E-state index contributed by atoms with van der Waals surface area (Å²) in [5.74, 6) is 0.766. The van der Waals surface area contributed by atoms with Crippen molar-refractivity contribution in [2.75, 3.05) is 18.6 Å². The van der Waals surface area contributed by atoms with Crippen LogP contribution < -0.4 is 4.90 Å². The molecule has 0 aliphatic carbocycles. The summed E-state index contributed by atoms with van der Waals surface area (Å²) in [4.78, 5) is 10.8. The van der Waals surface area contributed by atoms with Crippen molar-refractivity contribution in [3.63, 3.8) is 0 Å². The summed E-state index contributed by atoms with van der Waals surface area (Å²) in [6, 6.07) is 7.75. The highest BCUT2D eigenvalue weighted by Crippen LogP contribution is 2.21. The van der Waals surface area contributed by atoms with Crippen LogP contribution in [-0.4, -0.2) is 34.3 Å². The first-order chi connectivity index (χ1) is 8.04. The second kappa shape index (κ2) is 4.30. The Bertz CT molecular complexity index is 525. The van der Waals surface area contributed by atoms with Crippen molar-refractivity contribution in [3.8, 4) is 0 Å². The highest BCUT2D eigenvalue weighted by atomic mass is 16.3. The van der Waals surface area contributed by atoms with Gasteiger partial charge in [-0.2, -0.15) is 0 Å². The molecule has 0 unspecified atom stereocenters. The van der Waals surface area contributed by atoms with Crippen LogP contribution in [0.3, 0.4) is 0 Å². The third-order valence-electron chi connectivity index (χ3n) is 3.07. The smallest absolute Gasteiger partial charge is 0.148 e. The number of benzene rings is 1. The maximum atomic E-state index is 9.35. The highest BCUT2D eigenvalue weighted by molar-refractivity contribution is 5.75. The van der Waals surface area contributed by atoms with Crippen LogP contribution in [0.15, 0.2) is 30.5 Å². The summed E-state index contributed by atoms with van der Waals surface area (Å²) in [6.07, 6.45) is 1.74. The van der Waals surface area contributed by atoms with Gasteiger partial charge in [0.2, 0.25) is 0 Å². The molecule has 0 spiro atoms. The van der Waals surface area contributed by atoms with E-state index in [1.807, 2.05) is 50.1 Å². The standard InChI is InChI=1S/C13H17N3O/c1-13(2,9-17)16(3)12-8-14-10-6-4-5-7-11(10)15-12/h4-8,17H,9H2,1-3H3. The van der Waals surface area contributed by atoms with Crippen molar-refractivity contribution in [1.29, 1.82) is 0 Å². The first kappa shape index (κ1) is 11.8. The monoisotopic (exact) mass is 231 g/mol. The topological polar surface area (TPSA) is 49.2 Å². The van der Waals surface area contributed by atoms with Gasteiger partial charge in [-0.3, -0.25) is 4.98 Å². The molecule has 0 atom stereocenters. The first-order valence-electron chi connectivity index (χ1n) is 5.61. The van der Waals surface area contributed by atoms with Crippen molar-refractivity contribution >= 4 is 16.9 Å². The Morgan fingerprint density at radius 2 is 1.88 bits per heavy atom. The van der Waals surface area contributed by atoms with Crippen molar-refractivity contribution < 1.29 is 5.11 Å². The van der Waals surface area contributed by atoms with Crippen molar-refractivity contribution in [2.45, 2.75) is 19.4 Å². The SMILES string of the molecule is CN(c1cnc2ccccc2n1)C(C)(C)CO. The number of anilines is 1. The fraction of sp³-hybridized carbons (Fsp3) is 0.385. The fourth-order valence-electron chi connectivity index (χ4n) is 1.53. The first-order valence-corrected chi connectivity index (χ1v) is 5.61. The van der Waals surface area contributed by atoms with Gasteiger partial charge in [-0.15, -0.1) is 0 Å². The predicted molar refractivity (Wildman–Crippen MR) is 69.1 cm³/mol. The minimum Gasteiger partial charge on any atom is -0.394 e. The lowest BCUT2D eigenvalue weighted by atomic mass is 10.1. The number of fused-ring (bicyclic) bond motifs is 1. The molecule has 1 aromatic heterocycles. The summed E-state index contributed by atoms with van der Waals surface area (Å²) >= 11 is 0. The second-order valence-electron chi connectivity index (χ2n) is 4.75. The van der Waals surface area contributed by atoms with E-state index < -0.39 is 0 Å². The van der Waals surface area contributed by atoms with Gasteiger partial charge in [-0.1, -0.05) is 12.1 Å². The third-order valence-corrected chi connectivity index (χ3v) is 3.07. The van der Waals surface area contributed by atoms with E-state index in [-0.39, 0.29) is 12.1 Å². The molecule has 4 nitrogen and oxygen atoms in total. The molecule has 0 aliphatic heterocycles. The highest BCUT2D eigenvalue weighted by Gasteiger charge is 2.23. The van der Waals surface area contributed by atoms with E-state index in [4.69, 9.17) is 0 Å². The Morgan fingerprint density at radius 3 is 2.53 bits per heavy atom. The van der Waals surface area contributed by atoms with Gasteiger partial charge in [0.15, 0.2) is 0 Å². The predicted octanol–water partition coefficient (Wildman–Crippen LogP) is 1.84. The number of para-hydroxylation sites is 2. The van der Waals surface area contributed by atoms with Crippen LogP contribution in [-0.2, 0) is 0 Å². The average Bonchev–Trinajstić information content (AvgIpc) is 2.37. The number of hydrogen-bond acceptors (Lipinski definition) is 4. The quantitative estimate of drug-likeness (QED) is 0.875. The molecule has 0 amide bonds. The fourth-order valence-corrected chi connectivity index (χ4v) is 1.53. The number of likely N-dealkylation sites (N-methyl/N-ethyl adjacent to an activating group) is 1. The minimum absolute atomic E-state index is 0.0675. The molecule has 90 valence electrons. The normalized spacial score (nSPS) is 11.8. The average molecular weight is 231 g/mol. The Morgan fingerprint density at radius 1 is 1.24 bits per heavy atom. The number of aliphatic hydroxyl groups is 1. The summed E-state index contributed by atoms with van der Waals surface area (Å²) < 4.78 is 0. The maximum absolute atomic E-state index is 9.35. The molecule has 0 radical (unpaired) electrons.